The molecule has 1 rings (SSSR count). The second kappa shape index (κ2) is 8.17. The number of hydrogen-bond acceptors (Lipinski definition) is 4. The normalized spacial score (nSPS) is 15.1. The summed E-state index contributed by atoms with van der Waals surface area (Å²) in [5.74, 6) is 0.804. The highest BCUT2D eigenvalue weighted by Crippen LogP contribution is 2.22. The molecule has 0 spiro atoms. The Balaban J connectivity index is 3.12. The van der Waals surface area contributed by atoms with Gasteiger partial charge in [0.05, 0.1) is 4.90 Å². The average Bonchev–Trinajstić information content (AvgIpc) is 2.51. The van der Waals surface area contributed by atoms with Crippen LogP contribution < -0.4 is 5.32 Å². The molecule has 120 valence electrons. The van der Waals surface area contributed by atoms with Crippen molar-refractivity contribution in [1.29, 1.82) is 0 Å². The van der Waals surface area contributed by atoms with Gasteiger partial charge in [0, 0.05) is 24.9 Å². The van der Waals surface area contributed by atoms with Gasteiger partial charge in [0.25, 0.3) is 0 Å². The highest BCUT2D eigenvalue weighted by atomic mass is 32.2. The van der Waals surface area contributed by atoms with Crippen LogP contribution in [0.2, 0.25) is 0 Å². The first-order valence-corrected chi connectivity index (χ1v) is 9.96. The zero-order valence-corrected chi connectivity index (χ0v) is 15.1. The summed E-state index contributed by atoms with van der Waals surface area (Å²) in [4.78, 5) is 0.365. The van der Waals surface area contributed by atoms with Crippen LogP contribution in [0.25, 0.3) is 0 Å². The summed E-state index contributed by atoms with van der Waals surface area (Å²) < 4.78 is 27.0. The van der Waals surface area contributed by atoms with Gasteiger partial charge in [-0.25, -0.2) is 8.42 Å². The third-order valence-electron chi connectivity index (χ3n) is 3.81. The number of thioether (sulfide) groups is 1. The van der Waals surface area contributed by atoms with E-state index in [0.717, 1.165) is 17.7 Å². The van der Waals surface area contributed by atoms with Gasteiger partial charge in [-0.05, 0) is 44.3 Å². The van der Waals surface area contributed by atoms with Gasteiger partial charge in [-0.3, -0.25) is 0 Å². The highest BCUT2D eigenvalue weighted by molar-refractivity contribution is 7.98. The Morgan fingerprint density at radius 2 is 2.05 bits per heavy atom. The second-order valence-corrected chi connectivity index (χ2v) is 8.03. The molecule has 0 heterocycles. The smallest absolute Gasteiger partial charge is 0.243 e. The van der Waals surface area contributed by atoms with E-state index < -0.39 is 10.0 Å². The van der Waals surface area contributed by atoms with Crippen LogP contribution in [-0.2, 0) is 10.0 Å². The minimum Gasteiger partial charge on any atom is -0.313 e. The Morgan fingerprint density at radius 3 is 2.57 bits per heavy atom. The molecule has 0 saturated heterocycles. The van der Waals surface area contributed by atoms with E-state index >= 15 is 0 Å². The zero-order chi connectivity index (χ0) is 16.0. The Hall–Kier alpha value is -0.560. The molecule has 0 fully saturated rings. The Bertz CT molecular complexity index is 546. The van der Waals surface area contributed by atoms with Gasteiger partial charge in [0.2, 0.25) is 10.0 Å². The van der Waals surface area contributed by atoms with Gasteiger partial charge < -0.3 is 5.32 Å². The molecule has 0 aromatic heterocycles. The summed E-state index contributed by atoms with van der Waals surface area (Å²) in [7, 11) is 0.0946. The number of hydrogen-bond donors (Lipinski definition) is 1. The standard InChI is InChI=1S/C15H26N2O2S2/c1-6-14(11-20-5)17(4)21(18,19)15-9-7-8-13(10-15)12(2)16-3/h7-10,12,14,16H,6,11H2,1-5H3. The summed E-state index contributed by atoms with van der Waals surface area (Å²) in [5.41, 5.74) is 0.977. The molecular weight excluding hydrogens is 304 g/mol. The molecule has 0 aliphatic rings. The maximum atomic E-state index is 12.8. The van der Waals surface area contributed by atoms with Crippen molar-refractivity contribution in [2.24, 2.45) is 0 Å². The first-order valence-electron chi connectivity index (χ1n) is 7.12. The number of nitrogens with zero attached hydrogens (tertiary/aromatic N) is 1. The van der Waals surface area contributed by atoms with Gasteiger partial charge in [0.15, 0.2) is 0 Å². The third-order valence-corrected chi connectivity index (χ3v) is 6.44. The summed E-state index contributed by atoms with van der Waals surface area (Å²) in [6, 6.07) is 7.33. The van der Waals surface area contributed by atoms with Gasteiger partial charge in [-0.2, -0.15) is 16.1 Å². The van der Waals surface area contributed by atoms with E-state index in [1.807, 2.05) is 33.2 Å². The fourth-order valence-electron chi connectivity index (χ4n) is 2.15. The fraction of sp³-hybridized carbons (Fsp3) is 0.600. The first-order chi connectivity index (χ1) is 9.88. The molecule has 0 radical (unpaired) electrons. The molecule has 4 nitrogen and oxygen atoms in total. The van der Waals surface area contributed by atoms with Crippen LogP contribution in [0.3, 0.4) is 0 Å². The summed E-state index contributed by atoms with van der Waals surface area (Å²) in [5, 5.41) is 3.13. The summed E-state index contributed by atoms with van der Waals surface area (Å²) in [6.45, 7) is 4.03. The van der Waals surface area contributed by atoms with Crippen molar-refractivity contribution < 1.29 is 8.42 Å². The van der Waals surface area contributed by atoms with Crippen LogP contribution in [-0.4, -0.2) is 44.9 Å². The lowest BCUT2D eigenvalue weighted by Crippen LogP contribution is -2.38. The van der Waals surface area contributed by atoms with Crippen molar-refractivity contribution in [3.8, 4) is 0 Å². The molecule has 1 aromatic carbocycles. The van der Waals surface area contributed by atoms with E-state index in [9.17, 15) is 8.42 Å². The lowest BCUT2D eigenvalue weighted by Gasteiger charge is -2.26. The van der Waals surface area contributed by atoms with Crippen molar-refractivity contribution in [3.05, 3.63) is 29.8 Å². The van der Waals surface area contributed by atoms with Crippen LogP contribution in [0.4, 0.5) is 0 Å². The van der Waals surface area contributed by atoms with E-state index in [2.05, 4.69) is 5.32 Å². The highest BCUT2D eigenvalue weighted by Gasteiger charge is 2.27. The Morgan fingerprint density at radius 1 is 1.38 bits per heavy atom. The largest absolute Gasteiger partial charge is 0.313 e. The predicted molar refractivity (Wildman–Crippen MR) is 91.3 cm³/mol. The molecule has 1 aromatic rings. The third kappa shape index (κ3) is 4.45. The molecule has 0 saturated carbocycles. The zero-order valence-electron chi connectivity index (χ0n) is 13.5. The van der Waals surface area contributed by atoms with Crippen LogP contribution in [0.5, 0.6) is 0 Å². The molecule has 1 N–H and O–H groups in total. The molecule has 2 atom stereocenters. The van der Waals surface area contributed by atoms with Crippen molar-refractivity contribution >= 4 is 21.8 Å². The van der Waals surface area contributed by atoms with Crippen molar-refractivity contribution in [2.45, 2.75) is 37.2 Å². The molecule has 0 bridgehead atoms. The second-order valence-electron chi connectivity index (χ2n) is 5.12. The minimum atomic E-state index is -3.44. The summed E-state index contributed by atoms with van der Waals surface area (Å²) >= 11 is 1.67. The Labute approximate surface area is 133 Å². The van der Waals surface area contributed by atoms with Crippen LogP contribution in [0, 0.1) is 0 Å². The van der Waals surface area contributed by atoms with E-state index in [0.29, 0.717) is 4.90 Å². The average molecular weight is 331 g/mol. The first kappa shape index (κ1) is 18.5. The van der Waals surface area contributed by atoms with Crippen LogP contribution in [0.1, 0.15) is 31.9 Å². The van der Waals surface area contributed by atoms with Gasteiger partial charge in [-0.1, -0.05) is 19.1 Å². The maximum absolute atomic E-state index is 12.8. The lowest BCUT2D eigenvalue weighted by atomic mass is 10.1. The van der Waals surface area contributed by atoms with E-state index in [1.54, 1.807) is 37.0 Å². The molecule has 2 unspecified atom stereocenters. The lowest BCUT2D eigenvalue weighted by molar-refractivity contribution is 0.385. The molecule has 0 aliphatic carbocycles. The predicted octanol–water partition coefficient (Wildman–Crippen LogP) is 2.73. The molecular formula is C15H26N2O2S2. The van der Waals surface area contributed by atoms with Crippen molar-refractivity contribution in [1.82, 2.24) is 9.62 Å². The number of nitrogens with one attached hydrogen (secondary N) is 1. The quantitative estimate of drug-likeness (QED) is 0.796. The molecule has 21 heavy (non-hydrogen) atoms. The van der Waals surface area contributed by atoms with E-state index in [-0.39, 0.29) is 12.1 Å². The fourth-order valence-corrected chi connectivity index (χ4v) is 4.57. The van der Waals surface area contributed by atoms with Gasteiger partial charge >= 0.3 is 0 Å². The SMILES string of the molecule is CCC(CSC)N(C)S(=O)(=O)c1cccc(C(C)NC)c1. The monoisotopic (exact) mass is 330 g/mol. The summed E-state index contributed by atoms with van der Waals surface area (Å²) in [6.07, 6.45) is 2.81. The van der Waals surface area contributed by atoms with Crippen molar-refractivity contribution in [2.75, 3.05) is 26.1 Å². The number of rotatable bonds is 8. The number of benzene rings is 1. The van der Waals surface area contributed by atoms with Crippen LogP contribution in [0.15, 0.2) is 29.2 Å². The van der Waals surface area contributed by atoms with E-state index in [4.69, 9.17) is 0 Å². The van der Waals surface area contributed by atoms with Gasteiger partial charge in [-0.15, -0.1) is 0 Å². The minimum absolute atomic E-state index is 0.0235. The van der Waals surface area contributed by atoms with Crippen LogP contribution >= 0.6 is 11.8 Å². The van der Waals surface area contributed by atoms with Crippen molar-refractivity contribution in [3.63, 3.8) is 0 Å². The van der Waals surface area contributed by atoms with E-state index in [1.165, 1.54) is 4.31 Å². The Kier molecular flexibility index (Phi) is 7.20. The molecule has 0 aliphatic heterocycles. The van der Waals surface area contributed by atoms with Gasteiger partial charge in [0.1, 0.15) is 0 Å². The molecule has 6 heteroatoms. The molecule has 0 amide bonds. The maximum Gasteiger partial charge on any atom is 0.243 e. The topological polar surface area (TPSA) is 49.4 Å². The number of sulfonamides is 1.